The van der Waals surface area contributed by atoms with E-state index in [1.165, 1.54) is 0 Å². The first-order valence-electron chi connectivity index (χ1n) is 5.59. The fourth-order valence-corrected chi connectivity index (χ4v) is 2.11. The van der Waals surface area contributed by atoms with Gasteiger partial charge in [-0.05, 0) is 50.8 Å². The van der Waals surface area contributed by atoms with Gasteiger partial charge in [-0.15, -0.1) is 0 Å². The first kappa shape index (κ1) is 13.1. The highest BCUT2D eigenvalue weighted by Gasteiger charge is 2.28. The molecule has 4 nitrogen and oxygen atoms in total. The summed E-state index contributed by atoms with van der Waals surface area (Å²) in [5.74, 6) is 1.33. The van der Waals surface area contributed by atoms with Gasteiger partial charge >= 0.3 is 0 Å². The van der Waals surface area contributed by atoms with E-state index in [4.69, 9.17) is 4.42 Å². The first-order chi connectivity index (χ1) is 8.16. The van der Waals surface area contributed by atoms with Gasteiger partial charge in [-0.1, -0.05) is 0 Å². The van der Waals surface area contributed by atoms with Crippen molar-refractivity contribution in [1.29, 1.82) is 0 Å². The third-order valence-electron chi connectivity index (χ3n) is 2.54. The molecule has 1 saturated carbocycles. The molecule has 0 atom stereocenters. The number of hydrogen-bond acceptors (Lipinski definition) is 3. The van der Waals surface area contributed by atoms with Gasteiger partial charge in [-0.2, -0.15) is 0 Å². The summed E-state index contributed by atoms with van der Waals surface area (Å²) in [6.07, 6.45) is 2.10. The lowest BCUT2D eigenvalue weighted by atomic mass is 10.4. The highest BCUT2D eigenvalue weighted by molar-refractivity contribution is 9.13. The number of halogens is 2. The van der Waals surface area contributed by atoms with E-state index in [1.54, 1.807) is 0 Å². The van der Waals surface area contributed by atoms with Crippen molar-refractivity contribution in [2.24, 2.45) is 5.92 Å². The van der Waals surface area contributed by atoms with E-state index in [1.807, 2.05) is 6.07 Å². The Balaban J connectivity index is 1.58. The summed E-state index contributed by atoms with van der Waals surface area (Å²) in [7, 11) is 0. The van der Waals surface area contributed by atoms with Crippen LogP contribution in [0.4, 0.5) is 0 Å². The van der Waals surface area contributed by atoms with Crippen molar-refractivity contribution in [3.63, 3.8) is 0 Å². The van der Waals surface area contributed by atoms with Crippen LogP contribution in [-0.2, 0) is 11.3 Å². The van der Waals surface area contributed by atoms with Crippen LogP contribution in [0, 0.1) is 5.92 Å². The Morgan fingerprint density at radius 2 is 2.18 bits per heavy atom. The number of carbonyl (C=O) groups excluding carboxylic acids is 1. The first-order valence-corrected chi connectivity index (χ1v) is 7.17. The SMILES string of the molecule is O=C(NCCNCc1cc(Br)c(Br)o1)C1CC1. The Kier molecular flexibility index (Phi) is 4.64. The van der Waals surface area contributed by atoms with Crippen LogP contribution in [0.1, 0.15) is 18.6 Å². The van der Waals surface area contributed by atoms with E-state index in [0.29, 0.717) is 17.8 Å². The van der Waals surface area contributed by atoms with Gasteiger partial charge < -0.3 is 15.1 Å². The molecule has 0 aliphatic heterocycles. The molecule has 2 N–H and O–H groups in total. The molecule has 1 amide bonds. The van der Waals surface area contributed by atoms with E-state index >= 15 is 0 Å². The molecular formula is C11H14Br2N2O2. The highest BCUT2D eigenvalue weighted by atomic mass is 79.9. The van der Waals surface area contributed by atoms with E-state index in [-0.39, 0.29) is 11.8 Å². The lowest BCUT2D eigenvalue weighted by Crippen LogP contribution is -2.32. The fraction of sp³-hybridized carbons (Fsp3) is 0.545. The summed E-state index contributed by atoms with van der Waals surface area (Å²) in [6.45, 7) is 2.07. The van der Waals surface area contributed by atoms with Crippen LogP contribution in [0.2, 0.25) is 0 Å². The molecule has 0 aromatic carbocycles. The molecule has 0 radical (unpaired) electrons. The zero-order valence-electron chi connectivity index (χ0n) is 9.26. The number of rotatable bonds is 6. The molecule has 0 unspecified atom stereocenters. The van der Waals surface area contributed by atoms with Gasteiger partial charge in [0.15, 0.2) is 4.67 Å². The Morgan fingerprint density at radius 1 is 1.41 bits per heavy atom. The maximum Gasteiger partial charge on any atom is 0.223 e. The Morgan fingerprint density at radius 3 is 2.76 bits per heavy atom. The second-order valence-electron chi connectivity index (χ2n) is 4.08. The van der Waals surface area contributed by atoms with E-state index < -0.39 is 0 Å². The van der Waals surface area contributed by atoms with Gasteiger partial charge in [0.25, 0.3) is 0 Å². The number of hydrogen-bond donors (Lipinski definition) is 2. The molecule has 0 bridgehead atoms. The van der Waals surface area contributed by atoms with Crippen molar-refractivity contribution in [3.8, 4) is 0 Å². The van der Waals surface area contributed by atoms with Crippen molar-refractivity contribution >= 4 is 37.8 Å². The van der Waals surface area contributed by atoms with Crippen LogP contribution >= 0.6 is 31.9 Å². The van der Waals surface area contributed by atoms with Crippen molar-refractivity contribution in [3.05, 3.63) is 21.0 Å². The second-order valence-corrected chi connectivity index (χ2v) is 5.65. The van der Waals surface area contributed by atoms with Crippen LogP contribution in [0.3, 0.4) is 0 Å². The average Bonchev–Trinajstić information content (AvgIpc) is 3.07. The molecule has 0 spiro atoms. The van der Waals surface area contributed by atoms with Gasteiger partial charge in [0.2, 0.25) is 5.91 Å². The molecule has 0 saturated heterocycles. The third-order valence-corrected chi connectivity index (χ3v) is 4.25. The van der Waals surface area contributed by atoms with Crippen molar-refractivity contribution < 1.29 is 9.21 Å². The number of amides is 1. The molecule has 1 heterocycles. The molecule has 1 fully saturated rings. The second kappa shape index (κ2) is 6.02. The molecule has 6 heteroatoms. The molecule has 17 heavy (non-hydrogen) atoms. The summed E-state index contributed by atoms with van der Waals surface area (Å²) < 4.78 is 7.03. The summed E-state index contributed by atoms with van der Waals surface area (Å²) in [4.78, 5) is 11.3. The number of carbonyl (C=O) groups is 1. The fourth-order valence-electron chi connectivity index (χ4n) is 1.45. The van der Waals surface area contributed by atoms with Crippen LogP contribution in [0.5, 0.6) is 0 Å². The van der Waals surface area contributed by atoms with Gasteiger partial charge in [0.1, 0.15) is 5.76 Å². The van der Waals surface area contributed by atoms with Gasteiger partial charge in [0.05, 0.1) is 11.0 Å². The van der Waals surface area contributed by atoms with Crippen LogP contribution in [-0.4, -0.2) is 19.0 Å². The maximum absolute atomic E-state index is 11.3. The van der Waals surface area contributed by atoms with Crippen LogP contribution in [0.15, 0.2) is 19.6 Å². The lowest BCUT2D eigenvalue weighted by Gasteiger charge is -2.04. The van der Waals surface area contributed by atoms with Crippen molar-refractivity contribution in [2.75, 3.05) is 13.1 Å². The zero-order chi connectivity index (χ0) is 12.3. The molecule has 94 valence electrons. The predicted octanol–water partition coefficient (Wildman–Crippen LogP) is 2.42. The van der Waals surface area contributed by atoms with Gasteiger partial charge in [0, 0.05) is 19.0 Å². The number of furan rings is 1. The van der Waals surface area contributed by atoms with Gasteiger partial charge in [-0.3, -0.25) is 4.79 Å². The Labute approximate surface area is 117 Å². The van der Waals surface area contributed by atoms with Crippen LogP contribution < -0.4 is 10.6 Å². The maximum atomic E-state index is 11.3. The smallest absolute Gasteiger partial charge is 0.223 e. The van der Waals surface area contributed by atoms with E-state index in [2.05, 4.69) is 42.5 Å². The van der Waals surface area contributed by atoms with E-state index in [9.17, 15) is 4.79 Å². The minimum absolute atomic E-state index is 0.190. The quantitative estimate of drug-likeness (QED) is 0.761. The normalized spacial score (nSPS) is 14.9. The van der Waals surface area contributed by atoms with Crippen molar-refractivity contribution in [2.45, 2.75) is 19.4 Å². The summed E-state index contributed by atoms with van der Waals surface area (Å²) in [5.41, 5.74) is 0. The average molecular weight is 366 g/mol. The zero-order valence-corrected chi connectivity index (χ0v) is 12.4. The van der Waals surface area contributed by atoms with Crippen molar-refractivity contribution in [1.82, 2.24) is 10.6 Å². The standard InChI is InChI=1S/C11H14Br2N2O2/c12-9-5-8(17-10(9)13)6-14-3-4-15-11(16)7-1-2-7/h5,7,14H,1-4,6H2,(H,15,16). The molecule has 1 aromatic rings. The molecule has 1 aromatic heterocycles. The van der Waals surface area contributed by atoms with E-state index in [0.717, 1.165) is 29.6 Å². The topological polar surface area (TPSA) is 54.3 Å². The summed E-state index contributed by atoms with van der Waals surface area (Å²) >= 11 is 6.64. The monoisotopic (exact) mass is 364 g/mol. The predicted molar refractivity (Wildman–Crippen MR) is 71.5 cm³/mol. The molecule has 2 rings (SSSR count). The summed E-state index contributed by atoms with van der Waals surface area (Å²) in [5, 5.41) is 6.10. The minimum Gasteiger partial charge on any atom is -0.452 e. The van der Waals surface area contributed by atoms with Gasteiger partial charge in [-0.25, -0.2) is 0 Å². The highest BCUT2D eigenvalue weighted by Crippen LogP contribution is 2.28. The van der Waals surface area contributed by atoms with Crippen LogP contribution in [0.25, 0.3) is 0 Å². The lowest BCUT2D eigenvalue weighted by molar-refractivity contribution is -0.122. The summed E-state index contributed by atoms with van der Waals surface area (Å²) in [6, 6.07) is 1.92. The number of nitrogens with one attached hydrogen (secondary N) is 2. The molecule has 1 aliphatic rings. The third kappa shape index (κ3) is 4.12. The molecule has 1 aliphatic carbocycles. The Bertz CT molecular complexity index is 383. The largest absolute Gasteiger partial charge is 0.452 e. The minimum atomic E-state index is 0.190. The molecular weight excluding hydrogens is 352 g/mol. The Hall–Kier alpha value is -0.330.